The minimum absolute atomic E-state index is 0.0806. The average Bonchev–Trinajstić information content (AvgIpc) is 3.57. The molecule has 1 saturated heterocycles. The number of piperidine rings is 1. The van der Waals surface area contributed by atoms with Crippen LogP contribution in [0.15, 0.2) is 90.3 Å². The van der Waals surface area contributed by atoms with Crippen LogP contribution in [-0.2, 0) is 11.3 Å². The summed E-state index contributed by atoms with van der Waals surface area (Å²) in [7, 11) is 0. The number of fused-ring (bicyclic) bond motifs is 1. The van der Waals surface area contributed by atoms with E-state index >= 15 is 0 Å². The van der Waals surface area contributed by atoms with Crippen LogP contribution in [-0.4, -0.2) is 43.1 Å². The van der Waals surface area contributed by atoms with Crippen LogP contribution in [0.2, 0.25) is 0 Å². The maximum Gasteiger partial charge on any atom is 0.222 e. The zero-order valence-electron chi connectivity index (χ0n) is 20.3. The molecule has 1 aliphatic heterocycles. The second-order valence-electron chi connectivity index (χ2n) is 9.34. The predicted molar refractivity (Wildman–Crippen MR) is 145 cm³/mol. The van der Waals surface area contributed by atoms with Gasteiger partial charge in [-0.1, -0.05) is 54.6 Å². The van der Waals surface area contributed by atoms with Crippen molar-refractivity contribution in [1.82, 2.24) is 19.9 Å². The lowest BCUT2D eigenvalue weighted by molar-refractivity contribution is -0.133. The summed E-state index contributed by atoms with van der Waals surface area (Å²) in [5, 5.41) is 11.8. The van der Waals surface area contributed by atoms with E-state index in [2.05, 4.69) is 15.0 Å². The van der Waals surface area contributed by atoms with Crippen LogP contribution in [0.4, 0.5) is 5.69 Å². The molecule has 0 radical (unpaired) electrons. The monoisotopic (exact) mass is 489 g/mol. The number of nitrogens with one attached hydrogen (secondary N) is 2. The molecule has 3 heterocycles. The first-order valence-corrected chi connectivity index (χ1v) is 12.5. The number of aromatic nitrogens is 3. The van der Waals surface area contributed by atoms with E-state index in [1.807, 2.05) is 77.7 Å². The van der Waals surface area contributed by atoms with E-state index in [9.17, 15) is 9.90 Å². The Morgan fingerprint density at radius 3 is 2.57 bits per heavy atom. The number of carbonyl (C=O) groups is 1. The fourth-order valence-electron chi connectivity index (χ4n) is 4.91. The first kappa shape index (κ1) is 22.8. The number of nitrogens with zero attached hydrogens (tertiary/aromatic N) is 3. The molecular formula is C30H27N5O2. The number of H-pyrrole nitrogens is 2. The average molecular weight is 490 g/mol. The van der Waals surface area contributed by atoms with Crippen molar-refractivity contribution < 1.29 is 9.90 Å². The Morgan fingerprint density at radius 1 is 1.00 bits per heavy atom. The number of aromatic hydroxyl groups is 1. The topological polar surface area (TPSA) is 97.4 Å². The molecule has 2 aromatic heterocycles. The number of hydrogen-bond donors (Lipinski definition) is 3. The summed E-state index contributed by atoms with van der Waals surface area (Å²) in [6.45, 7) is 1.42. The molecule has 7 nitrogen and oxygen atoms in total. The molecule has 0 unspecified atom stereocenters. The standard InChI is InChI=1S/C30H27N5O2/c36-27-7-3-4-16-35(27)18-20-8-10-22(11-9-20)29(28-24-5-1-2-6-25(24)34-30(28)37)33-23-14-12-21(13-15-23)26-17-31-19-32-26/h1-2,5-6,8-15,17,19,34,37H,3-4,7,16,18H2,(H,31,32). The van der Waals surface area contributed by atoms with Crippen LogP contribution in [0.25, 0.3) is 22.2 Å². The van der Waals surface area contributed by atoms with Gasteiger partial charge in [-0.3, -0.25) is 4.79 Å². The minimum atomic E-state index is 0.0806. The van der Waals surface area contributed by atoms with Crippen LogP contribution < -0.4 is 0 Å². The Balaban J connectivity index is 1.39. The molecule has 184 valence electrons. The molecule has 0 atom stereocenters. The second-order valence-corrected chi connectivity index (χ2v) is 9.34. The van der Waals surface area contributed by atoms with Crippen molar-refractivity contribution in [2.45, 2.75) is 25.8 Å². The van der Waals surface area contributed by atoms with Crippen molar-refractivity contribution >= 4 is 28.2 Å². The summed E-state index contributed by atoms with van der Waals surface area (Å²) in [5.41, 5.74) is 6.86. The molecule has 0 bridgehead atoms. The number of rotatable bonds is 6. The fourth-order valence-corrected chi connectivity index (χ4v) is 4.91. The number of benzene rings is 3. The van der Waals surface area contributed by atoms with Gasteiger partial charge in [-0.15, -0.1) is 0 Å². The number of hydrogen-bond acceptors (Lipinski definition) is 4. The smallest absolute Gasteiger partial charge is 0.222 e. The van der Waals surface area contributed by atoms with Gasteiger partial charge < -0.3 is 20.0 Å². The lowest BCUT2D eigenvalue weighted by Crippen LogP contribution is -2.34. The van der Waals surface area contributed by atoms with Gasteiger partial charge in [0.1, 0.15) is 0 Å². The zero-order chi connectivity index (χ0) is 25.2. The molecule has 3 aromatic carbocycles. The van der Waals surface area contributed by atoms with E-state index in [0.29, 0.717) is 24.2 Å². The fraction of sp³-hybridized carbons (Fsp3) is 0.167. The Kier molecular flexibility index (Phi) is 6.02. The van der Waals surface area contributed by atoms with E-state index in [1.54, 1.807) is 12.5 Å². The summed E-state index contributed by atoms with van der Waals surface area (Å²) in [6.07, 6.45) is 6.11. The first-order valence-electron chi connectivity index (χ1n) is 12.5. The molecule has 1 aliphatic rings. The van der Waals surface area contributed by atoms with Crippen molar-refractivity contribution in [1.29, 1.82) is 0 Å². The van der Waals surface area contributed by atoms with Crippen molar-refractivity contribution in [3.05, 3.63) is 102 Å². The van der Waals surface area contributed by atoms with Crippen LogP contribution in [0, 0.1) is 0 Å². The van der Waals surface area contributed by atoms with E-state index in [4.69, 9.17) is 4.99 Å². The van der Waals surface area contributed by atoms with Gasteiger partial charge in [0.05, 0.1) is 35.2 Å². The lowest BCUT2D eigenvalue weighted by Gasteiger charge is -2.26. The maximum absolute atomic E-state index is 12.3. The van der Waals surface area contributed by atoms with Crippen LogP contribution in [0.5, 0.6) is 5.88 Å². The molecule has 37 heavy (non-hydrogen) atoms. The molecule has 3 N–H and O–H groups in total. The summed E-state index contributed by atoms with van der Waals surface area (Å²) in [5.74, 6) is 0.303. The van der Waals surface area contributed by atoms with Gasteiger partial charge in [-0.2, -0.15) is 0 Å². The highest BCUT2D eigenvalue weighted by Gasteiger charge is 2.20. The number of aliphatic imine (C=N–C) groups is 1. The number of para-hydroxylation sites is 1. The number of aromatic amines is 2. The van der Waals surface area contributed by atoms with Gasteiger partial charge in [-0.25, -0.2) is 9.98 Å². The SMILES string of the molecule is O=C1CCCCN1Cc1ccc(C(=Nc2ccc(-c3cnc[nH]3)cc2)c2c(O)[nH]c3ccccc23)cc1. The number of carbonyl (C=O) groups excluding carboxylic acids is 1. The highest BCUT2D eigenvalue weighted by Crippen LogP contribution is 2.32. The summed E-state index contributed by atoms with van der Waals surface area (Å²) in [6, 6.07) is 23.8. The van der Waals surface area contributed by atoms with Crippen LogP contribution in [0.1, 0.15) is 36.0 Å². The summed E-state index contributed by atoms with van der Waals surface area (Å²) in [4.78, 5) is 29.5. The molecule has 1 amide bonds. The normalized spacial score (nSPS) is 14.4. The van der Waals surface area contributed by atoms with Crippen molar-refractivity contribution in [2.75, 3.05) is 6.54 Å². The van der Waals surface area contributed by atoms with Gasteiger partial charge in [0.25, 0.3) is 0 Å². The molecule has 1 fully saturated rings. The second kappa shape index (κ2) is 9.78. The molecule has 5 aromatic rings. The van der Waals surface area contributed by atoms with E-state index in [0.717, 1.165) is 58.4 Å². The van der Waals surface area contributed by atoms with Crippen LogP contribution in [0.3, 0.4) is 0 Å². The van der Waals surface area contributed by atoms with Crippen molar-refractivity contribution in [2.24, 2.45) is 4.99 Å². The van der Waals surface area contributed by atoms with E-state index in [1.165, 1.54) is 0 Å². The Morgan fingerprint density at radius 2 is 1.81 bits per heavy atom. The number of likely N-dealkylation sites (tertiary alicyclic amines) is 1. The Hall–Kier alpha value is -4.65. The summed E-state index contributed by atoms with van der Waals surface area (Å²) < 4.78 is 0. The first-order chi connectivity index (χ1) is 18.2. The third kappa shape index (κ3) is 4.63. The highest BCUT2D eigenvalue weighted by atomic mass is 16.3. The Bertz CT molecular complexity index is 1570. The minimum Gasteiger partial charge on any atom is -0.494 e. The molecular weight excluding hydrogens is 462 g/mol. The van der Waals surface area contributed by atoms with Gasteiger partial charge in [0, 0.05) is 36.0 Å². The zero-order valence-corrected chi connectivity index (χ0v) is 20.3. The molecule has 0 saturated carbocycles. The third-order valence-electron chi connectivity index (χ3n) is 6.86. The van der Waals surface area contributed by atoms with Crippen molar-refractivity contribution in [3.63, 3.8) is 0 Å². The van der Waals surface area contributed by atoms with Gasteiger partial charge in [-0.05, 0) is 42.2 Å². The lowest BCUT2D eigenvalue weighted by atomic mass is 9.99. The number of amides is 1. The summed E-state index contributed by atoms with van der Waals surface area (Å²) >= 11 is 0. The van der Waals surface area contributed by atoms with E-state index in [-0.39, 0.29) is 11.8 Å². The molecule has 0 aliphatic carbocycles. The Labute approximate surface area is 214 Å². The van der Waals surface area contributed by atoms with Crippen molar-refractivity contribution in [3.8, 4) is 17.1 Å². The maximum atomic E-state index is 12.3. The van der Waals surface area contributed by atoms with Crippen LogP contribution >= 0.6 is 0 Å². The largest absolute Gasteiger partial charge is 0.494 e. The third-order valence-corrected chi connectivity index (χ3v) is 6.86. The van der Waals surface area contributed by atoms with E-state index < -0.39 is 0 Å². The number of imidazole rings is 1. The van der Waals surface area contributed by atoms with Gasteiger partial charge in [0.2, 0.25) is 5.91 Å². The predicted octanol–water partition coefficient (Wildman–Crippen LogP) is 5.95. The quantitative estimate of drug-likeness (QED) is 0.257. The molecule has 7 heteroatoms. The molecule has 6 rings (SSSR count). The molecule has 0 spiro atoms. The van der Waals surface area contributed by atoms with Gasteiger partial charge >= 0.3 is 0 Å². The highest BCUT2D eigenvalue weighted by molar-refractivity contribution is 6.21. The van der Waals surface area contributed by atoms with Gasteiger partial charge in [0.15, 0.2) is 5.88 Å².